The lowest BCUT2D eigenvalue weighted by Gasteiger charge is -2.34. The van der Waals surface area contributed by atoms with Crippen LogP contribution in [0.15, 0.2) is 28.9 Å². The summed E-state index contributed by atoms with van der Waals surface area (Å²) in [5.41, 5.74) is 6.10. The van der Waals surface area contributed by atoms with Crippen LogP contribution in [-0.2, 0) is 5.54 Å². The molecule has 0 bridgehead atoms. The summed E-state index contributed by atoms with van der Waals surface area (Å²) < 4.78 is 5.37. The lowest BCUT2D eigenvalue weighted by Crippen LogP contribution is -2.44. The Morgan fingerprint density at radius 1 is 1.39 bits per heavy atom. The lowest BCUT2D eigenvalue weighted by molar-refractivity contribution is 0.0909. The van der Waals surface area contributed by atoms with Gasteiger partial charge in [0.2, 0.25) is 5.89 Å². The molecule has 1 aliphatic carbocycles. The molecule has 0 aromatic carbocycles. The summed E-state index contributed by atoms with van der Waals surface area (Å²) in [5, 5.41) is 6.93. The van der Waals surface area contributed by atoms with E-state index in [1.165, 1.54) is 0 Å². The fraction of sp³-hybridized carbons (Fsp3) is 0.500. The van der Waals surface area contributed by atoms with Crippen molar-refractivity contribution in [2.45, 2.75) is 44.7 Å². The molecule has 2 aromatic rings. The van der Waals surface area contributed by atoms with E-state index < -0.39 is 5.54 Å². The van der Waals surface area contributed by atoms with E-state index in [-0.39, 0.29) is 17.9 Å². The average molecular weight is 315 g/mol. The van der Waals surface area contributed by atoms with E-state index in [1.54, 1.807) is 24.4 Å². The van der Waals surface area contributed by atoms with Crippen molar-refractivity contribution in [2.24, 2.45) is 11.7 Å². The van der Waals surface area contributed by atoms with Crippen molar-refractivity contribution in [1.29, 1.82) is 0 Å². The number of rotatable bonds is 5. The molecule has 7 heteroatoms. The Hall–Kier alpha value is -2.28. The van der Waals surface area contributed by atoms with E-state index in [1.807, 2.05) is 13.8 Å². The molecule has 0 saturated heterocycles. The molecule has 0 radical (unpaired) electrons. The Morgan fingerprint density at radius 3 is 2.74 bits per heavy atom. The first-order valence-corrected chi connectivity index (χ1v) is 7.84. The van der Waals surface area contributed by atoms with Crippen LogP contribution in [0.1, 0.15) is 61.4 Å². The van der Waals surface area contributed by atoms with Gasteiger partial charge in [0.1, 0.15) is 11.7 Å². The summed E-state index contributed by atoms with van der Waals surface area (Å²) in [5.74, 6) is 0.730. The second-order valence-corrected chi connectivity index (χ2v) is 6.38. The predicted molar refractivity (Wildman–Crippen MR) is 83.3 cm³/mol. The fourth-order valence-corrected chi connectivity index (χ4v) is 2.57. The second-order valence-electron chi connectivity index (χ2n) is 6.38. The molecule has 2 heterocycles. The molecule has 1 atom stereocenters. The number of hydrogen-bond donors (Lipinski definition) is 2. The van der Waals surface area contributed by atoms with E-state index in [0.717, 1.165) is 19.3 Å². The quantitative estimate of drug-likeness (QED) is 0.873. The number of carbonyl (C=O) groups excluding carboxylic acids is 1. The summed E-state index contributed by atoms with van der Waals surface area (Å²) in [7, 11) is 0. The molecule has 1 aliphatic rings. The Labute approximate surface area is 134 Å². The smallest absolute Gasteiger partial charge is 0.270 e. The molecule has 1 amide bonds. The first-order chi connectivity index (χ1) is 11.0. The van der Waals surface area contributed by atoms with Crippen molar-refractivity contribution >= 4 is 5.91 Å². The number of amides is 1. The third kappa shape index (κ3) is 3.10. The van der Waals surface area contributed by atoms with Crippen LogP contribution in [0, 0.1) is 5.92 Å². The maximum absolute atomic E-state index is 12.3. The van der Waals surface area contributed by atoms with Crippen LogP contribution in [-0.4, -0.2) is 21.0 Å². The highest BCUT2D eigenvalue weighted by Crippen LogP contribution is 2.37. The topological polar surface area (TPSA) is 107 Å². The summed E-state index contributed by atoms with van der Waals surface area (Å²) >= 11 is 0. The highest BCUT2D eigenvalue weighted by atomic mass is 16.5. The summed E-state index contributed by atoms with van der Waals surface area (Å²) in [6.45, 7) is 3.96. The minimum Gasteiger partial charge on any atom is -0.339 e. The third-order valence-corrected chi connectivity index (χ3v) is 4.25. The molecular formula is C16H21N5O2. The molecule has 3 rings (SSSR count). The SMILES string of the molecule is CC(C)C(NC(=O)c1ccccn1)c1nc(C2(N)CCC2)no1. The Morgan fingerprint density at radius 2 is 2.17 bits per heavy atom. The molecule has 1 fully saturated rings. The van der Waals surface area contributed by atoms with Gasteiger partial charge in [-0.3, -0.25) is 9.78 Å². The second kappa shape index (κ2) is 6.08. The first-order valence-electron chi connectivity index (χ1n) is 7.84. The molecule has 7 nitrogen and oxygen atoms in total. The monoisotopic (exact) mass is 315 g/mol. The molecule has 122 valence electrons. The van der Waals surface area contributed by atoms with E-state index in [0.29, 0.717) is 17.4 Å². The van der Waals surface area contributed by atoms with Crippen LogP contribution >= 0.6 is 0 Å². The van der Waals surface area contributed by atoms with E-state index in [4.69, 9.17) is 10.3 Å². The predicted octanol–water partition coefficient (Wildman–Crippen LogP) is 1.93. The average Bonchev–Trinajstić information content (AvgIpc) is 3.00. The molecule has 1 saturated carbocycles. The molecule has 23 heavy (non-hydrogen) atoms. The zero-order valence-electron chi connectivity index (χ0n) is 13.3. The number of aromatic nitrogens is 3. The zero-order chi connectivity index (χ0) is 16.4. The van der Waals surface area contributed by atoms with E-state index in [9.17, 15) is 4.79 Å². The van der Waals surface area contributed by atoms with Crippen LogP contribution in [0.2, 0.25) is 0 Å². The van der Waals surface area contributed by atoms with Crippen molar-refractivity contribution in [3.05, 3.63) is 41.8 Å². The highest BCUT2D eigenvalue weighted by molar-refractivity contribution is 5.92. The first kappa shape index (κ1) is 15.6. The number of nitrogens with two attached hydrogens (primary N) is 1. The van der Waals surface area contributed by atoms with Gasteiger partial charge < -0.3 is 15.6 Å². The van der Waals surface area contributed by atoms with Crippen LogP contribution in [0.5, 0.6) is 0 Å². The minimum atomic E-state index is -0.478. The summed E-state index contributed by atoms with van der Waals surface area (Å²) in [4.78, 5) is 20.8. The number of carbonyl (C=O) groups is 1. The van der Waals surface area contributed by atoms with Gasteiger partial charge in [-0.2, -0.15) is 4.98 Å². The van der Waals surface area contributed by atoms with Gasteiger partial charge >= 0.3 is 0 Å². The molecule has 0 spiro atoms. The number of nitrogens with zero attached hydrogens (tertiary/aromatic N) is 3. The van der Waals surface area contributed by atoms with Gasteiger partial charge in [-0.05, 0) is 37.3 Å². The van der Waals surface area contributed by atoms with Gasteiger partial charge in [-0.15, -0.1) is 0 Å². The Bertz CT molecular complexity index is 679. The lowest BCUT2D eigenvalue weighted by atomic mass is 9.77. The third-order valence-electron chi connectivity index (χ3n) is 4.25. The standard InChI is InChI=1S/C16H21N5O2/c1-10(2)12(19-13(22)11-6-3-4-9-18-11)14-20-15(21-23-14)16(17)7-5-8-16/h3-4,6,9-10,12H,5,7-8,17H2,1-2H3,(H,19,22). The van der Waals surface area contributed by atoms with Crippen LogP contribution < -0.4 is 11.1 Å². The van der Waals surface area contributed by atoms with E-state index >= 15 is 0 Å². The van der Waals surface area contributed by atoms with Crippen molar-refractivity contribution in [1.82, 2.24) is 20.4 Å². The van der Waals surface area contributed by atoms with Crippen LogP contribution in [0.4, 0.5) is 0 Å². The van der Waals surface area contributed by atoms with Gasteiger partial charge in [0.05, 0.1) is 5.54 Å². The van der Waals surface area contributed by atoms with Crippen LogP contribution in [0.25, 0.3) is 0 Å². The number of nitrogens with one attached hydrogen (secondary N) is 1. The van der Waals surface area contributed by atoms with Gasteiger partial charge in [-0.25, -0.2) is 0 Å². The summed E-state index contributed by atoms with van der Waals surface area (Å²) in [6, 6.07) is 4.82. The summed E-state index contributed by atoms with van der Waals surface area (Å²) in [6.07, 6.45) is 4.38. The largest absolute Gasteiger partial charge is 0.339 e. The molecular weight excluding hydrogens is 294 g/mol. The Balaban J connectivity index is 1.78. The Kier molecular flexibility index (Phi) is 4.12. The molecule has 2 aromatic heterocycles. The molecule has 1 unspecified atom stereocenters. The van der Waals surface area contributed by atoms with Crippen molar-refractivity contribution in [2.75, 3.05) is 0 Å². The normalized spacial score (nSPS) is 17.6. The van der Waals surface area contributed by atoms with Gasteiger partial charge in [0.25, 0.3) is 5.91 Å². The maximum Gasteiger partial charge on any atom is 0.270 e. The number of hydrogen-bond acceptors (Lipinski definition) is 6. The van der Waals surface area contributed by atoms with Crippen molar-refractivity contribution in [3.8, 4) is 0 Å². The van der Waals surface area contributed by atoms with Crippen LogP contribution in [0.3, 0.4) is 0 Å². The van der Waals surface area contributed by atoms with Gasteiger partial charge in [0.15, 0.2) is 5.82 Å². The fourth-order valence-electron chi connectivity index (χ4n) is 2.57. The minimum absolute atomic E-state index is 0.0890. The number of pyridine rings is 1. The van der Waals surface area contributed by atoms with Crippen molar-refractivity contribution < 1.29 is 9.32 Å². The van der Waals surface area contributed by atoms with Gasteiger partial charge in [-0.1, -0.05) is 25.1 Å². The maximum atomic E-state index is 12.3. The highest BCUT2D eigenvalue weighted by Gasteiger charge is 2.40. The molecule has 0 aliphatic heterocycles. The van der Waals surface area contributed by atoms with E-state index in [2.05, 4.69) is 20.4 Å². The van der Waals surface area contributed by atoms with Crippen molar-refractivity contribution in [3.63, 3.8) is 0 Å². The van der Waals surface area contributed by atoms with Gasteiger partial charge in [0, 0.05) is 6.20 Å². The zero-order valence-corrected chi connectivity index (χ0v) is 13.3. The molecule has 3 N–H and O–H groups in total.